The molecule has 3 nitrogen and oxygen atoms in total. The van der Waals surface area contributed by atoms with Gasteiger partial charge in [0.1, 0.15) is 0 Å². The molecule has 0 bridgehead atoms. The number of aliphatic hydroxyl groups is 1. The van der Waals surface area contributed by atoms with Gasteiger partial charge in [0, 0.05) is 0 Å². The van der Waals surface area contributed by atoms with Crippen LogP contribution in [0.2, 0.25) is 0 Å². The fraction of sp³-hybridized carbons (Fsp3) is 0.533. The van der Waals surface area contributed by atoms with Crippen molar-refractivity contribution in [2.24, 2.45) is 5.92 Å². The summed E-state index contributed by atoms with van der Waals surface area (Å²) < 4.78 is 0. The van der Waals surface area contributed by atoms with Gasteiger partial charge in [-0.15, -0.1) is 0 Å². The Balaban J connectivity index is 2.75. The van der Waals surface area contributed by atoms with Crippen molar-refractivity contribution in [2.45, 2.75) is 45.6 Å². The van der Waals surface area contributed by atoms with Gasteiger partial charge in [0.2, 0.25) is 0 Å². The van der Waals surface area contributed by atoms with Crippen LogP contribution in [0.4, 0.5) is 0 Å². The summed E-state index contributed by atoms with van der Waals surface area (Å²) in [5.41, 5.74) is 1.07. The lowest BCUT2D eigenvalue weighted by molar-refractivity contribution is 0.0696. The summed E-state index contributed by atoms with van der Waals surface area (Å²) in [5, 5.41) is 19.1. The Hall–Kier alpha value is -1.35. The summed E-state index contributed by atoms with van der Waals surface area (Å²) >= 11 is 0. The topological polar surface area (TPSA) is 57.5 Å². The van der Waals surface area contributed by atoms with E-state index in [0.29, 0.717) is 0 Å². The maximum atomic E-state index is 10.8. The standard InChI is InChI=1S/C15H22O3/c1-3-5-6-11(4-2)14(16)12-7-9-13(10-8-12)15(17)18/h7-11,14,16H,3-6H2,1-2H3,(H,17,18). The number of aliphatic hydroxyl groups excluding tert-OH is 1. The number of benzene rings is 1. The van der Waals surface area contributed by atoms with Crippen LogP contribution in [0.3, 0.4) is 0 Å². The first-order chi connectivity index (χ1) is 8.60. The van der Waals surface area contributed by atoms with E-state index in [1.54, 1.807) is 24.3 Å². The molecule has 18 heavy (non-hydrogen) atoms. The molecule has 0 aliphatic carbocycles. The molecular formula is C15H22O3. The zero-order valence-corrected chi connectivity index (χ0v) is 11.1. The van der Waals surface area contributed by atoms with E-state index in [1.165, 1.54) is 0 Å². The van der Waals surface area contributed by atoms with E-state index >= 15 is 0 Å². The molecule has 3 heteroatoms. The van der Waals surface area contributed by atoms with Crippen LogP contribution in [0.25, 0.3) is 0 Å². The van der Waals surface area contributed by atoms with E-state index in [0.717, 1.165) is 31.2 Å². The van der Waals surface area contributed by atoms with Crippen molar-refractivity contribution in [1.82, 2.24) is 0 Å². The molecule has 1 aromatic carbocycles. The minimum absolute atomic E-state index is 0.251. The molecule has 2 N–H and O–H groups in total. The lowest BCUT2D eigenvalue weighted by atomic mass is 9.89. The van der Waals surface area contributed by atoms with Gasteiger partial charge < -0.3 is 10.2 Å². The molecule has 0 aromatic heterocycles. The van der Waals surface area contributed by atoms with Gasteiger partial charge >= 0.3 is 5.97 Å². The van der Waals surface area contributed by atoms with Crippen molar-refractivity contribution in [3.8, 4) is 0 Å². The first-order valence-corrected chi connectivity index (χ1v) is 6.61. The van der Waals surface area contributed by atoms with Crippen LogP contribution in [0.15, 0.2) is 24.3 Å². The van der Waals surface area contributed by atoms with Crippen LogP contribution < -0.4 is 0 Å². The third-order valence-electron chi connectivity index (χ3n) is 3.40. The fourth-order valence-electron chi connectivity index (χ4n) is 2.15. The number of unbranched alkanes of at least 4 members (excludes halogenated alkanes) is 1. The summed E-state index contributed by atoms with van der Waals surface area (Å²) in [5.74, 6) is -0.685. The van der Waals surface area contributed by atoms with Crippen molar-refractivity contribution < 1.29 is 15.0 Å². The highest BCUT2D eigenvalue weighted by molar-refractivity contribution is 5.87. The summed E-state index contributed by atoms with van der Waals surface area (Å²) in [6.45, 7) is 4.22. The quantitative estimate of drug-likeness (QED) is 0.776. The highest BCUT2D eigenvalue weighted by Gasteiger charge is 2.18. The minimum atomic E-state index is -0.936. The van der Waals surface area contributed by atoms with Gasteiger partial charge in [-0.25, -0.2) is 4.79 Å². The lowest BCUT2D eigenvalue weighted by Gasteiger charge is -2.21. The summed E-state index contributed by atoms with van der Waals surface area (Å²) in [6.07, 6.45) is 3.69. The maximum absolute atomic E-state index is 10.8. The largest absolute Gasteiger partial charge is 0.478 e. The number of carboxylic acids is 1. The number of hydrogen-bond donors (Lipinski definition) is 2. The second-order valence-corrected chi connectivity index (χ2v) is 4.68. The van der Waals surface area contributed by atoms with Crippen LogP contribution in [-0.4, -0.2) is 16.2 Å². The molecule has 2 unspecified atom stereocenters. The third-order valence-corrected chi connectivity index (χ3v) is 3.40. The fourth-order valence-corrected chi connectivity index (χ4v) is 2.15. The minimum Gasteiger partial charge on any atom is -0.478 e. The summed E-state index contributed by atoms with van der Waals surface area (Å²) in [6, 6.07) is 6.52. The summed E-state index contributed by atoms with van der Waals surface area (Å²) in [7, 11) is 0. The first kappa shape index (κ1) is 14.7. The van der Waals surface area contributed by atoms with Gasteiger partial charge in [-0.1, -0.05) is 45.2 Å². The molecule has 0 aliphatic rings. The van der Waals surface area contributed by atoms with Crippen molar-refractivity contribution in [2.75, 3.05) is 0 Å². The molecule has 0 saturated carbocycles. The van der Waals surface area contributed by atoms with E-state index < -0.39 is 12.1 Å². The van der Waals surface area contributed by atoms with Crippen LogP contribution >= 0.6 is 0 Å². The predicted octanol–water partition coefficient (Wildman–Crippen LogP) is 3.63. The normalized spacial score (nSPS) is 14.2. The molecular weight excluding hydrogens is 228 g/mol. The van der Waals surface area contributed by atoms with E-state index in [9.17, 15) is 9.90 Å². The number of carboxylic acid groups (broad SMARTS) is 1. The van der Waals surface area contributed by atoms with Crippen LogP contribution in [-0.2, 0) is 0 Å². The van der Waals surface area contributed by atoms with E-state index in [1.807, 2.05) is 0 Å². The molecule has 0 spiro atoms. The highest BCUT2D eigenvalue weighted by atomic mass is 16.4. The second-order valence-electron chi connectivity index (χ2n) is 4.68. The number of rotatable bonds is 7. The van der Waals surface area contributed by atoms with E-state index in [4.69, 9.17) is 5.11 Å². The van der Waals surface area contributed by atoms with Crippen LogP contribution in [0.5, 0.6) is 0 Å². The molecule has 0 aliphatic heterocycles. The van der Waals surface area contributed by atoms with Crippen molar-refractivity contribution in [3.63, 3.8) is 0 Å². The SMILES string of the molecule is CCCCC(CC)C(O)c1ccc(C(=O)O)cc1. The molecule has 0 heterocycles. The number of hydrogen-bond acceptors (Lipinski definition) is 2. The molecule has 2 atom stereocenters. The van der Waals surface area contributed by atoms with Crippen molar-refractivity contribution >= 4 is 5.97 Å². The van der Waals surface area contributed by atoms with Gasteiger partial charge in [0.15, 0.2) is 0 Å². The van der Waals surface area contributed by atoms with Gasteiger partial charge in [-0.2, -0.15) is 0 Å². The third kappa shape index (κ3) is 3.84. The van der Waals surface area contributed by atoms with Gasteiger partial charge in [-0.05, 0) is 30.0 Å². The maximum Gasteiger partial charge on any atom is 0.335 e. The van der Waals surface area contributed by atoms with E-state index in [-0.39, 0.29) is 11.5 Å². The number of aromatic carboxylic acids is 1. The molecule has 0 amide bonds. The molecule has 0 radical (unpaired) electrons. The van der Waals surface area contributed by atoms with Crippen molar-refractivity contribution in [1.29, 1.82) is 0 Å². The Morgan fingerprint density at radius 3 is 2.28 bits per heavy atom. The zero-order chi connectivity index (χ0) is 13.5. The zero-order valence-electron chi connectivity index (χ0n) is 11.1. The van der Waals surface area contributed by atoms with Crippen LogP contribution in [0.1, 0.15) is 61.6 Å². The Bertz CT molecular complexity index is 370. The molecule has 0 saturated heterocycles. The van der Waals surface area contributed by atoms with Crippen LogP contribution in [0, 0.1) is 5.92 Å². The number of carbonyl (C=O) groups is 1. The Kier molecular flexibility index (Phi) is 5.86. The first-order valence-electron chi connectivity index (χ1n) is 6.61. The smallest absolute Gasteiger partial charge is 0.335 e. The molecule has 1 aromatic rings. The predicted molar refractivity (Wildman–Crippen MR) is 71.7 cm³/mol. The summed E-state index contributed by atoms with van der Waals surface area (Å²) in [4.78, 5) is 10.8. The molecule has 0 fully saturated rings. The Morgan fingerprint density at radius 2 is 1.83 bits per heavy atom. The monoisotopic (exact) mass is 250 g/mol. The average molecular weight is 250 g/mol. The second kappa shape index (κ2) is 7.17. The highest BCUT2D eigenvalue weighted by Crippen LogP contribution is 2.28. The van der Waals surface area contributed by atoms with Gasteiger partial charge in [-0.3, -0.25) is 0 Å². The molecule has 1 rings (SSSR count). The lowest BCUT2D eigenvalue weighted by Crippen LogP contribution is -2.12. The Morgan fingerprint density at radius 1 is 1.22 bits per heavy atom. The van der Waals surface area contributed by atoms with Crippen molar-refractivity contribution in [3.05, 3.63) is 35.4 Å². The average Bonchev–Trinajstić information content (AvgIpc) is 2.39. The molecule has 100 valence electrons. The van der Waals surface area contributed by atoms with Gasteiger partial charge in [0.05, 0.1) is 11.7 Å². The van der Waals surface area contributed by atoms with E-state index in [2.05, 4.69) is 13.8 Å². The Labute approximate surface area is 108 Å². The van der Waals surface area contributed by atoms with Gasteiger partial charge in [0.25, 0.3) is 0 Å².